The summed E-state index contributed by atoms with van der Waals surface area (Å²) in [4.78, 5) is 13.2. The minimum absolute atomic E-state index is 0.193. The van der Waals surface area contributed by atoms with E-state index in [9.17, 15) is 4.79 Å². The van der Waals surface area contributed by atoms with Crippen LogP contribution in [0, 0.1) is 5.92 Å². The van der Waals surface area contributed by atoms with Gasteiger partial charge in [-0.15, -0.1) is 0 Å². The predicted octanol–water partition coefficient (Wildman–Crippen LogP) is 1.37. The lowest BCUT2D eigenvalue weighted by Crippen LogP contribution is -2.34. The zero-order chi connectivity index (χ0) is 13.1. The van der Waals surface area contributed by atoms with Crippen molar-refractivity contribution >= 4 is 5.97 Å². The van der Waals surface area contributed by atoms with Crippen molar-refractivity contribution in [1.82, 2.24) is 4.90 Å². The molecule has 4 heteroatoms. The van der Waals surface area contributed by atoms with Crippen molar-refractivity contribution in [3.8, 4) is 0 Å². The molecule has 0 aliphatic carbocycles. The van der Waals surface area contributed by atoms with E-state index >= 15 is 0 Å². The molecule has 1 aromatic carbocycles. The third kappa shape index (κ3) is 2.89. The fourth-order valence-corrected chi connectivity index (χ4v) is 2.40. The average molecular weight is 249 g/mol. The smallest absolute Gasteiger partial charge is 0.335 e. The van der Waals surface area contributed by atoms with Gasteiger partial charge < -0.3 is 10.2 Å². The van der Waals surface area contributed by atoms with Gasteiger partial charge in [0, 0.05) is 26.2 Å². The largest absolute Gasteiger partial charge is 0.478 e. The molecular weight excluding hydrogens is 230 g/mol. The molecule has 2 N–H and O–H groups in total. The summed E-state index contributed by atoms with van der Waals surface area (Å²) in [6.07, 6.45) is 0.952. The highest BCUT2D eigenvalue weighted by Gasteiger charge is 2.18. The SMILES string of the molecule is CC(CO)CN1CCc2ccc(C(=O)O)cc2C1. The Morgan fingerprint density at radius 3 is 2.89 bits per heavy atom. The molecule has 0 bridgehead atoms. The van der Waals surface area contributed by atoms with Crippen molar-refractivity contribution in [3.63, 3.8) is 0 Å². The Kier molecular flexibility index (Phi) is 3.99. The van der Waals surface area contributed by atoms with E-state index in [0.29, 0.717) is 5.56 Å². The molecular formula is C14H19NO3. The molecule has 4 nitrogen and oxygen atoms in total. The van der Waals surface area contributed by atoms with Gasteiger partial charge >= 0.3 is 5.97 Å². The molecule has 0 amide bonds. The van der Waals surface area contributed by atoms with Crippen LogP contribution in [0.1, 0.15) is 28.4 Å². The lowest BCUT2D eigenvalue weighted by molar-refractivity contribution is 0.0696. The standard InChI is InChI=1S/C14H19NO3/c1-10(9-16)7-15-5-4-11-2-3-12(14(17)18)6-13(11)8-15/h2-3,6,10,16H,4-5,7-9H2,1H3,(H,17,18). The van der Waals surface area contributed by atoms with E-state index in [2.05, 4.69) is 4.90 Å². The van der Waals surface area contributed by atoms with Crippen molar-refractivity contribution < 1.29 is 15.0 Å². The second kappa shape index (κ2) is 5.50. The van der Waals surface area contributed by atoms with E-state index in [1.165, 1.54) is 5.56 Å². The summed E-state index contributed by atoms with van der Waals surface area (Å²) in [5.74, 6) is -0.618. The van der Waals surface area contributed by atoms with Crippen molar-refractivity contribution in [2.24, 2.45) is 5.92 Å². The van der Waals surface area contributed by atoms with Crippen LogP contribution in [-0.4, -0.2) is 40.8 Å². The highest BCUT2D eigenvalue weighted by molar-refractivity contribution is 5.87. The third-order valence-corrected chi connectivity index (χ3v) is 3.43. The first-order valence-electron chi connectivity index (χ1n) is 6.28. The zero-order valence-corrected chi connectivity index (χ0v) is 10.6. The first kappa shape index (κ1) is 13.1. The summed E-state index contributed by atoms with van der Waals surface area (Å²) in [7, 11) is 0. The Morgan fingerprint density at radius 2 is 2.22 bits per heavy atom. The van der Waals surface area contributed by atoms with Crippen LogP contribution >= 0.6 is 0 Å². The van der Waals surface area contributed by atoms with Crippen molar-refractivity contribution in [2.75, 3.05) is 19.7 Å². The highest BCUT2D eigenvalue weighted by Crippen LogP contribution is 2.21. The number of nitrogens with zero attached hydrogens (tertiary/aromatic N) is 1. The number of carbonyl (C=O) groups is 1. The molecule has 1 atom stereocenters. The maximum Gasteiger partial charge on any atom is 0.335 e. The number of benzene rings is 1. The van der Waals surface area contributed by atoms with Gasteiger partial charge in [-0.1, -0.05) is 13.0 Å². The molecule has 1 aliphatic heterocycles. The van der Waals surface area contributed by atoms with Crippen LogP contribution in [0.3, 0.4) is 0 Å². The van der Waals surface area contributed by atoms with E-state index < -0.39 is 5.97 Å². The van der Waals surface area contributed by atoms with E-state index in [1.807, 2.05) is 13.0 Å². The van der Waals surface area contributed by atoms with Gasteiger partial charge in [-0.2, -0.15) is 0 Å². The number of aromatic carboxylic acids is 1. The lowest BCUT2D eigenvalue weighted by atomic mass is 9.96. The molecule has 0 saturated heterocycles. The fraction of sp³-hybridized carbons (Fsp3) is 0.500. The van der Waals surface area contributed by atoms with Crippen LogP contribution in [-0.2, 0) is 13.0 Å². The van der Waals surface area contributed by atoms with Gasteiger partial charge in [0.05, 0.1) is 5.56 Å². The number of hydrogen-bond donors (Lipinski definition) is 2. The van der Waals surface area contributed by atoms with Gasteiger partial charge in [0.1, 0.15) is 0 Å². The number of fused-ring (bicyclic) bond motifs is 1. The van der Waals surface area contributed by atoms with Crippen LogP contribution in [0.5, 0.6) is 0 Å². The van der Waals surface area contributed by atoms with Crippen molar-refractivity contribution in [2.45, 2.75) is 19.9 Å². The lowest BCUT2D eigenvalue weighted by Gasteiger charge is -2.30. The number of carboxylic acids is 1. The maximum absolute atomic E-state index is 10.9. The number of aliphatic hydroxyl groups excluding tert-OH is 1. The van der Waals surface area contributed by atoms with Crippen molar-refractivity contribution in [3.05, 3.63) is 34.9 Å². The first-order chi connectivity index (χ1) is 8.60. The summed E-state index contributed by atoms with van der Waals surface area (Å²) in [6, 6.07) is 5.37. The van der Waals surface area contributed by atoms with Gasteiger partial charge in [0.25, 0.3) is 0 Å². The number of rotatable bonds is 4. The van der Waals surface area contributed by atoms with Crippen LogP contribution in [0.25, 0.3) is 0 Å². The van der Waals surface area contributed by atoms with Gasteiger partial charge in [-0.3, -0.25) is 4.90 Å². The van der Waals surface area contributed by atoms with Crippen LogP contribution in [0.4, 0.5) is 0 Å². The first-order valence-corrected chi connectivity index (χ1v) is 6.28. The molecule has 1 aliphatic rings. The Labute approximate surface area is 107 Å². The van der Waals surface area contributed by atoms with Crippen LogP contribution < -0.4 is 0 Å². The summed E-state index contributed by atoms with van der Waals surface area (Å²) in [6.45, 7) is 4.82. The second-order valence-corrected chi connectivity index (χ2v) is 5.06. The molecule has 0 fully saturated rings. The normalized spacial score (nSPS) is 17.2. The molecule has 1 aromatic rings. The van der Waals surface area contributed by atoms with Gasteiger partial charge in [-0.25, -0.2) is 4.79 Å². The van der Waals surface area contributed by atoms with E-state index in [1.54, 1.807) is 12.1 Å². The van der Waals surface area contributed by atoms with Crippen LogP contribution in [0.2, 0.25) is 0 Å². The Bertz CT molecular complexity index is 445. The maximum atomic E-state index is 10.9. The molecule has 0 aromatic heterocycles. The fourth-order valence-electron chi connectivity index (χ4n) is 2.40. The zero-order valence-electron chi connectivity index (χ0n) is 10.6. The monoisotopic (exact) mass is 249 g/mol. The topological polar surface area (TPSA) is 60.8 Å². The van der Waals surface area contributed by atoms with Crippen molar-refractivity contribution in [1.29, 1.82) is 0 Å². The van der Waals surface area contributed by atoms with Crippen LogP contribution in [0.15, 0.2) is 18.2 Å². The minimum atomic E-state index is -0.876. The van der Waals surface area contributed by atoms with Gasteiger partial charge in [-0.05, 0) is 35.6 Å². The minimum Gasteiger partial charge on any atom is -0.478 e. The molecule has 0 radical (unpaired) electrons. The summed E-state index contributed by atoms with van der Waals surface area (Å²) in [5, 5.41) is 18.1. The van der Waals surface area contributed by atoms with Gasteiger partial charge in [0.2, 0.25) is 0 Å². The summed E-state index contributed by atoms with van der Waals surface area (Å²) < 4.78 is 0. The molecule has 0 saturated carbocycles. The summed E-state index contributed by atoms with van der Waals surface area (Å²) >= 11 is 0. The number of aliphatic hydroxyl groups is 1. The molecule has 1 unspecified atom stereocenters. The van der Waals surface area contributed by atoms with E-state index in [0.717, 1.165) is 31.6 Å². The average Bonchev–Trinajstić information content (AvgIpc) is 2.37. The Morgan fingerprint density at radius 1 is 1.44 bits per heavy atom. The number of hydrogen-bond acceptors (Lipinski definition) is 3. The number of carboxylic acid groups (broad SMARTS) is 1. The van der Waals surface area contributed by atoms with E-state index in [4.69, 9.17) is 10.2 Å². The second-order valence-electron chi connectivity index (χ2n) is 5.06. The summed E-state index contributed by atoms with van der Waals surface area (Å²) in [5.41, 5.74) is 2.70. The Balaban J connectivity index is 2.12. The van der Waals surface area contributed by atoms with Gasteiger partial charge in [0.15, 0.2) is 0 Å². The molecule has 98 valence electrons. The molecule has 1 heterocycles. The van der Waals surface area contributed by atoms with E-state index in [-0.39, 0.29) is 12.5 Å². The third-order valence-electron chi connectivity index (χ3n) is 3.43. The molecule has 18 heavy (non-hydrogen) atoms. The molecule has 0 spiro atoms. The Hall–Kier alpha value is -1.39. The quantitative estimate of drug-likeness (QED) is 0.846. The predicted molar refractivity (Wildman–Crippen MR) is 68.6 cm³/mol. The molecule has 2 rings (SSSR count). The highest BCUT2D eigenvalue weighted by atomic mass is 16.4.